The lowest BCUT2D eigenvalue weighted by atomic mass is 9.75. The lowest BCUT2D eigenvalue weighted by molar-refractivity contribution is -0.140. The Morgan fingerprint density at radius 1 is 1.02 bits per heavy atom. The van der Waals surface area contributed by atoms with Crippen LogP contribution in [-0.4, -0.2) is 67.6 Å². The van der Waals surface area contributed by atoms with E-state index in [0.29, 0.717) is 62.7 Å². The van der Waals surface area contributed by atoms with Crippen molar-refractivity contribution in [1.82, 2.24) is 15.5 Å². The summed E-state index contributed by atoms with van der Waals surface area (Å²) in [7, 11) is 0. The van der Waals surface area contributed by atoms with Crippen LogP contribution in [0.1, 0.15) is 37.7 Å². The molecular weight excluding hydrogens is 540 g/mol. The number of amides is 3. The van der Waals surface area contributed by atoms with Crippen LogP contribution in [0.25, 0.3) is 0 Å². The van der Waals surface area contributed by atoms with Gasteiger partial charge in [0.1, 0.15) is 6.04 Å². The van der Waals surface area contributed by atoms with E-state index in [9.17, 15) is 14.4 Å². The molecule has 3 amide bonds. The molecule has 3 atom stereocenters. The quantitative estimate of drug-likeness (QED) is 0.467. The first-order valence-corrected chi connectivity index (χ1v) is 14.9. The van der Waals surface area contributed by atoms with Gasteiger partial charge < -0.3 is 20.7 Å². The summed E-state index contributed by atoms with van der Waals surface area (Å²) in [5, 5.41) is 9.99. The van der Waals surface area contributed by atoms with Crippen LogP contribution in [0.3, 0.4) is 0 Å². The van der Waals surface area contributed by atoms with E-state index in [4.69, 9.17) is 16.3 Å². The van der Waals surface area contributed by atoms with E-state index < -0.39 is 11.5 Å². The molecule has 0 saturated carbocycles. The van der Waals surface area contributed by atoms with Crippen LogP contribution in [-0.2, 0) is 25.5 Å². The molecular formula is C32H39ClN4O4. The largest absolute Gasteiger partial charge is 0.381 e. The third-order valence-corrected chi connectivity index (χ3v) is 8.84. The summed E-state index contributed by atoms with van der Waals surface area (Å²) in [6.07, 6.45) is 8.07. The van der Waals surface area contributed by atoms with Gasteiger partial charge in [0.05, 0.1) is 12.0 Å². The van der Waals surface area contributed by atoms with Gasteiger partial charge in [0.25, 0.3) is 0 Å². The summed E-state index contributed by atoms with van der Waals surface area (Å²) in [5.41, 5.74) is 1.13. The molecule has 41 heavy (non-hydrogen) atoms. The fourth-order valence-corrected chi connectivity index (χ4v) is 6.26. The minimum atomic E-state index is -0.670. The standard InChI is InChI=1S/C32H39ClN4O4/c33-25-9-11-26(12-10-25)34-29(38)22-37-17-13-27-24(21-37)8-4-5-14-32(15-18-41-19-16-32)31(40)36-28(30(39)35-27)20-23-6-2-1-3-7-23/h1-7,9-12,24,27-28H,8,13-22H2,(H,34,38)(H,35,39)(H,36,40)/b5-4+/t24-,27-,28-/m0/s1. The Labute approximate surface area is 246 Å². The Morgan fingerprint density at radius 3 is 2.54 bits per heavy atom. The number of carbonyl (C=O) groups excluding carboxylic acids is 3. The third-order valence-electron chi connectivity index (χ3n) is 8.59. The van der Waals surface area contributed by atoms with Gasteiger partial charge in [0.15, 0.2) is 0 Å². The normalized spacial score (nSPS) is 26.0. The molecule has 0 bridgehead atoms. The number of rotatable bonds is 5. The lowest BCUT2D eigenvalue weighted by Gasteiger charge is -2.40. The molecule has 2 saturated heterocycles. The molecule has 0 unspecified atom stereocenters. The van der Waals surface area contributed by atoms with E-state index in [-0.39, 0.29) is 36.2 Å². The third kappa shape index (κ3) is 7.76. The van der Waals surface area contributed by atoms with Crippen molar-refractivity contribution in [2.45, 2.75) is 50.6 Å². The number of allylic oxidation sites excluding steroid dienone is 2. The highest BCUT2D eigenvalue weighted by Gasteiger charge is 2.41. The smallest absolute Gasteiger partial charge is 0.243 e. The second-order valence-corrected chi connectivity index (χ2v) is 11.9. The topological polar surface area (TPSA) is 99.8 Å². The second-order valence-electron chi connectivity index (χ2n) is 11.5. The Bertz CT molecular complexity index is 1230. The van der Waals surface area contributed by atoms with Crippen molar-refractivity contribution in [2.24, 2.45) is 11.3 Å². The van der Waals surface area contributed by atoms with E-state index >= 15 is 0 Å². The zero-order chi connectivity index (χ0) is 28.7. The number of halogens is 1. The molecule has 3 aliphatic heterocycles. The number of carbonyl (C=O) groups is 3. The molecule has 5 rings (SSSR count). The fourth-order valence-electron chi connectivity index (χ4n) is 6.14. The highest BCUT2D eigenvalue weighted by atomic mass is 35.5. The number of anilines is 1. The lowest BCUT2D eigenvalue weighted by Crippen LogP contribution is -2.58. The summed E-state index contributed by atoms with van der Waals surface area (Å²) in [6.45, 7) is 2.73. The van der Waals surface area contributed by atoms with Crippen LogP contribution in [0.4, 0.5) is 5.69 Å². The maximum atomic E-state index is 13.7. The van der Waals surface area contributed by atoms with Crippen molar-refractivity contribution in [3.05, 3.63) is 77.3 Å². The summed E-state index contributed by atoms with van der Waals surface area (Å²) in [5.74, 6) is -0.158. The van der Waals surface area contributed by atoms with Crippen LogP contribution < -0.4 is 16.0 Å². The number of nitrogens with one attached hydrogen (secondary N) is 3. The fraction of sp³-hybridized carbons (Fsp3) is 0.469. The van der Waals surface area contributed by atoms with Crippen LogP contribution in [0.2, 0.25) is 5.02 Å². The van der Waals surface area contributed by atoms with Crippen LogP contribution in [0.15, 0.2) is 66.7 Å². The van der Waals surface area contributed by atoms with Gasteiger partial charge >= 0.3 is 0 Å². The monoisotopic (exact) mass is 578 g/mol. The van der Waals surface area contributed by atoms with Crippen molar-refractivity contribution in [2.75, 3.05) is 38.2 Å². The SMILES string of the molecule is O=C(CN1CC[C@@H]2NC(=O)[C@H](Cc3ccccc3)NC(=O)C3(C/C=C/C[C@H]2C1)CCOCC3)Nc1ccc(Cl)cc1. The number of benzene rings is 2. The van der Waals surface area contributed by atoms with Crippen molar-refractivity contribution in [3.8, 4) is 0 Å². The Kier molecular flexibility index (Phi) is 9.75. The zero-order valence-electron chi connectivity index (χ0n) is 23.3. The molecule has 8 nitrogen and oxygen atoms in total. The number of ether oxygens (including phenoxy) is 1. The molecule has 2 aromatic rings. The van der Waals surface area contributed by atoms with Crippen molar-refractivity contribution < 1.29 is 19.1 Å². The summed E-state index contributed by atoms with van der Waals surface area (Å²) in [6, 6.07) is 16.2. The number of likely N-dealkylation sites (tertiary alicyclic amines) is 1. The first-order chi connectivity index (χ1) is 19.9. The average molecular weight is 579 g/mol. The first-order valence-electron chi connectivity index (χ1n) is 14.6. The minimum Gasteiger partial charge on any atom is -0.381 e. The number of piperidine rings is 1. The molecule has 9 heteroatoms. The Morgan fingerprint density at radius 2 is 1.78 bits per heavy atom. The van der Waals surface area contributed by atoms with E-state index in [1.165, 1.54) is 0 Å². The van der Waals surface area contributed by atoms with Crippen molar-refractivity contribution in [3.63, 3.8) is 0 Å². The highest BCUT2D eigenvalue weighted by Crippen LogP contribution is 2.36. The number of hydrogen-bond acceptors (Lipinski definition) is 5. The maximum Gasteiger partial charge on any atom is 0.243 e. The maximum absolute atomic E-state index is 13.7. The van der Waals surface area contributed by atoms with E-state index in [0.717, 1.165) is 18.4 Å². The average Bonchev–Trinajstić information content (AvgIpc) is 2.98. The van der Waals surface area contributed by atoms with Crippen LogP contribution in [0, 0.1) is 11.3 Å². The molecule has 0 aromatic heterocycles. The van der Waals surface area contributed by atoms with Gasteiger partial charge in [-0.3, -0.25) is 19.3 Å². The van der Waals surface area contributed by atoms with Gasteiger partial charge in [0.2, 0.25) is 17.7 Å². The van der Waals surface area contributed by atoms with Gasteiger partial charge in [-0.15, -0.1) is 0 Å². The number of hydrogen-bond donors (Lipinski definition) is 3. The Hall–Kier alpha value is -3.20. The molecule has 0 radical (unpaired) electrons. The molecule has 2 fully saturated rings. The van der Waals surface area contributed by atoms with Gasteiger partial charge in [-0.2, -0.15) is 0 Å². The highest BCUT2D eigenvalue weighted by molar-refractivity contribution is 6.30. The second kappa shape index (κ2) is 13.6. The summed E-state index contributed by atoms with van der Waals surface area (Å²) < 4.78 is 5.59. The van der Waals surface area contributed by atoms with Crippen molar-refractivity contribution >= 4 is 35.0 Å². The van der Waals surface area contributed by atoms with Gasteiger partial charge in [-0.1, -0.05) is 54.1 Å². The van der Waals surface area contributed by atoms with E-state index in [1.54, 1.807) is 24.3 Å². The predicted octanol–water partition coefficient (Wildman–Crippen LogP) is 3.96. The molecule has 2 aromatic carbocycles. The minimum absolute atomic E-state index is 0.0469. The molecule has 0 aliphatic carbocycles. The van der Waals surface area contributed by atoms with Crippen LogP contribution >= 0.6 is 11.6 Å². The number of fused-ring (bicyclic) bond motifs is 1. The molecule has 218 valence electrons. The van der Waals surface area contributed by atoms with E-state index in [1.807, 2.05) is 30.3 Å². The summed E-state index contributed by atoms with van der Waals surface area (Å²) >= 11 is 5.96. The molecule has 3 N–H and O–H groups in total. The molecule has 3 aliphatic rings. The molecule has 1 spiro atoms. The number of nitrogens with zero attached hydrogens (tertiary/aromatic N) is 1. The first kappa shape index (κ1) is 29.3. The van der Waals surface area contributed by atoms with Gasteiger partial charge in [-0.05, 0) is 67.9 Å². The van der Waals surface area contributed by atoms with Crippen LogP contribution in [0.5, 0.6) is 0 Å². The van der Waals surface area contributed by atoms with E-state index in [2.05, 4.69) is 33.0 Å². The van der Waals surface area contributed by atoms with Gasteiger partial charge in [0, 0.05) is 49.5 Å². The Balaban J connectivity index is 1.31. The van der Waals surface area contributed by atoms with Crippen molar-refractivity contribution in [1.29, 1.82) is 0 Å². The van der Waals surface area contributed by atoms with Gasteiger partial charge in [-0.25, -0.2) is 0 Å². The summed E-state index contributed by atoms with van der Waals surface area (Å²) in [4.78, 5) is 42.4. The molecule has 3 heterocycles. The predicted molar refractivity (Wildman–Crippen MR) is 159 cm³/mol. The zero-order valence-corrected chi connectivity index (χ0v) is 24.1.